The van der Waals surface area contributed by atoms with Crippen LogP contribution in [0.2, 0.25) is 0 Å². The topological polar surface area (TPSA) is 43.7 Å². The van der Waals surface area contributed by atoms with E-state index in [0.29, 0.717) is 5.92 Å². The van der Waals surface area contributed by atoms with Gasteiger partial charge in [-0.05, 0) is 12.8 Å². The minimum Gasteiger partial charge on any atom is -0.389 e. The zero-order valence-corrected chi connectivity index (χ0v) is 5.90. The van der Waals surface area contributed by atoms with E-state index in [0.717, 1.165) is 25.9 Å². The number of hydrogen-bond acceptors (Lipinski definition) is 3. The van der Waals surface area contributed by atoms with Gasteiger partial charge in [0.1, 0.15) is 6.23 Å². The molecule has 58 valence electrons. The van der Waals surface area contributed by atoms with E-state index in [4.69, 9.17) is 0 Å². The van der Waals surface area contributed by atoms with Crippen LogP contribution in [0.1, 0.15) is 12.8 Å². The Bertz CT molecular complexity index is 122. The number of aliphatic hydroxyl groups excluding tert-OH is 2. The van der Waals surface area contributed by atoms with Crippen LogP contribution in [-0.4, -0.2) is 40.5 Å². The Kier molecular flexibility index (Phi) is 1.44. The second kappa shape index (κ2) is 2.19. The summed E-state index contributed by atoms with van der Waals surface area (Å²) in [6.07, 6.45) is 1.14. The molecule has 2 bridgehead atoms. The number of hydrogen-bond donors (Lipinski definition) is 2. The molecular weight excluding hydrogens is 130 g/mol. The van der Waals surface area contributed by atoms with Crippen molar-refractivity contribution in [2.24, 2.45) is 5.92 Å². The third-order valence-electron chi connectivity index (χ3n) is 2.65. The van der Waals surface area contributed by atoms with Crippen LogP contribution in [0.3, 0.4) is 0 Å². The Hall–Kier alpha value is -0.120. The van der Waals surface area contributed by atoms with Gasteiger partial charge in [-0.1, -0.05) is 0 Å². The lowest BCUT2D eigenvalue weighted by atomic mass is 9.99. The predicted octanol–water partition coefficient (Wildman–Crippen LogP) is -0.609. The lowest BCUT2D eigenvalue weighted by Gasteiger charge is -2.22. The molecule has 0 radical (unpaired) electrons. The van der Waals surface area contributed by atoms with E-state index >= 15 is 0 Å². The average Bonchev–Trinajstić information content (AvgIpc) is 2.17. The quantitative estimate of drug-likeness (QED) is 0.475. The first-order valence-corrected chi connectivity index (χ1v) is 3.89. The second-order valence-electron chi connectivity index (χ2n) is 3.30. The molecule has 2 aliphatic heterocycles. The molecule has 0 aromatic rings. The van der Waals surface area contributed by atoms with Gasteiger partial charge in [0.15, 0.2) is 0 Å². The monoisotopic (exact) mass is 143 g/mol. The normalized spacial score (nSPS) is 53.4. The highest BCUT2D eigenvalue weighted by atomic mass is 16.3. The zero-order chi connectivity index (χ0) is 7.14. The molecule has 2 fully saturated rings. The first-order chi connectivity index (χ1) is 4.79. The van der Waals surface area contributed by atoms with Gasteiger partial charge in [0.25, 0.3) is 0 Å². The van der Waals surface area contributed by atoms with E-state index < -0.39 is 12.3 Å². The van der Waals surface area contributed by atoms with Gasteiger partial charge in [0.05, 0.1) is 6.10 Å². The molecule has 2 N–H and O–H groups in total. The molecule has 2 heterocycles. The van der Waals surface area contributed by atoms with Crippen molar-refractivity contribution in [1.29, 1.82) is 0 Å². The molecule has 3 heteroatoms. The minimum atomic E-state index is -0.576. The maximum atomic E-state index is 9.38. The lowest BCUT2D eigenvalue weighted by molar-refractivity contribution is -0.0350. The van der Waals surface area contributed by atoms with Gasteiger partial charge in [-0.15, -0.1) is 0 Å². The Morgan fingerprint density at radius 2 is 2.10 bits per heavy atom. The molecular formula is C7H13NO2. The van der Waals surface area contributed by atoms with Crippen LogP contribution in [0, 0.1) is 5.92 Å². The van der Waals surface area contributed by atoms with E-state index in [9.17, 15) is 10.2 Å². The largest absolute Gasteiger partial charge is 0.389 e. The summed E-state index contributed by atoms with van der Waals surface area (Å²) in [6.45, 7) is 1.84. The fourth-order valence-electron chi connectivity index (χ4n) is 2.02. The van der Waals surface area contributed by atoms with Crippen LogP contribution in [0.5, 0.6) is 0 Å². The van der Waals surface area contributed by atoms with E-state index in [-0.39, 0.29) is 0 Å². The van der Waals surface area contributed by atoms with Crippen LogP contribution in [0.4, 0.5) is 0 Å². The molecule has 0 aliphatic carbocycles. The molecule has 4 unspecified atom stereocenters. The van der Waals surface area contributed by atoms with Gasteiger partial charge >= 0.3 is 0 Å². The molecule has 4 atom stereocenters. The summed E-state index contributed by atoms with van der Waals surface area (Å²) in [5, 5.41) is 18.7. The van der Waals surface area contributed by atoms with Gasteiger partial charge in [0.2, 0.25) is 0 Å². The SMILES string of the molecule is OC1C2CCCN(C2)C1O. The predicted molar refractivity (Wildman–Crippen MR) is 36.3 cm³/mol. The maximum absolute atomic E-state index is 9.38. The summed E-state index contributed by atoms with van der Waals surface area (Å²) < 4.78 is 0. The minimum absolute atomic E-state index is 0.337. The Morgan fingerprint density at radius 1 is 1.30 bits per heavy atom. The highest BCUT2D eigenvalue weighted by Gasteiger charge is 2.41. The van der Waals surface area contributed by atoms with Crippen molar-refractivity contribution >= 4 is 0 Å². The Morgan fingerprint density at radius 3 is 2.70 bits per heavy atom. The number of nitrogens with zero attached hydrogens (tertiary/aromatic N) is 1. The summed E-state index contributed by atoms with van der Waals surface area (Å²) in [6, 6.07) is 0. The summed E-state index contributed by atoms with van der Waals surface area (Å²) in [5.41, 5.74) is 0. The average molecular weight is 143 g/mol. The van der Waals surface area contributed by atoms with E-state index in [1.807, 2.05) is 4.90 Å². The van der Waals surface area contributed by atoms with Gasteiger partial charge in [-0.2, -0.15) is 0 Å². The molecule has 3 nitrogen and oxygen atoms in total. The molecule has 0 spiro atoms. The van der Waals surface area contributed by atoms with Crippen LogP contribution >= 0.6 is 0 Å². The Balaban J connectivity index is 2.13. The first-order valence-electron chi connectivity index (χ1n) is 3.89. The van der Waals surface area contributed by atoms with Crippen LogP contribution in [0.15, 0.2) is 0 Å². The van der Waals surface area contributed by atoms with Crippen LogP contribution in [0.25, 0.3) is 0 Å². The van der Waals surface area contributed by atoms with Crippen molar-refractivity contribution in [3.8, 4) is 0 Å². The number of piperidine rings is 1. The number of aliphatic hydroxyl groups is 2. The first kappa shape index (κ1) is 6.58. The fourth-order valence-corrected chi connectivity index (χ4v) is 2.02. The van der Waals surface area contributed by atoms with Crippen LogP contribution < -0.4 is 0 Å². The summed E-state index contributed by atoms with van der Waals surface area (Å²) in [4.78, 5) is 1.96. The fraction of sp³-hybridized carbons (Fsp3) is 1.00. The zero-order valence-electron chi connectivity index (χ0n) is 5.90. The van der Waals surface area contributed by atoms with Crippen LogP contribution in [-0.2, 0) is 0 Å². The van der Waals surface area contributed by atoms with Crippen molar-refractivity contribution in [3.63, 3.8) is 0 Å². The second-order valence-corrected chi connectivity index (χ2v) is 3.30. The van der Waals surface area contributed by atoms with E-state index in [1.54, 1.807) is 0 Å². The van der Waals surface area contributed by atoms with E-state index in [2.05, 4.69) is 0 Å². The molecule has 10 heavy (non-hydrogen) atoms. The third-order valence-corrected chi connectivity index (χ3v) is 2.65. The molecule has 0 amide bonds. The molecule has 0 aromatic heterocycles. The van der Waals surface area contributed by atoms with Gasteiger partial charge in [0, 0.05) is 19.0 Å². The molecule has 2 rings (SSSR count). The molecule has 2 aliphatic rings. The summed E-state index contributed by atoms with van der Waals surface area (Å²) >= 11 is 0. The van der Waals surface area contributed by atoms with E-state index in [1.165, 1.54) is 0 Å². The van der Waals surface area contributed by atoms with Gasteiger partial charge in [-0.3, -0.25) is 4.90 Å². The highest BCUT2D eigenvalue weighted by molar-refractivity contribution is 4.90. The molecule has 0 aromatic carbocycles. The third kappa shape index (κ3) is 0.779. The van der Waals surface area contributed by atoms with Crippen molar-refractivity contribution in [1.82, 2.24) is 4.90 Å². The van der Waals surface area contributed by atoms with Gasteiger partial charge in [-0.25, -0.2) is 0 Å². The number of rotatable bonds is 0. The van der Waals surface area contributed by atoms with Crippen molar-refractivity contribution in [3.05, 3.63) is 0 Å². The van der Waals surface area contributed by atoms with Crippen molar-refractivity contribution < 1.29 is 10.2 Å². The van der Waals surface area contributed by atoms with Gasteiger partial charge < -0.3 is 10.2 Å². The summed E-state index contributed by atoms with van der Waals surface area (Å²) in [5.74, 6) is 0.337. The van der Waals surface area contributed by atoms with Crippen molar-refractivity contribution in [2.75, 3.05) is 13.1 Å². The summed E-state index contributed by atoms with van der Waals surface area (Å²) in [7, 11) is 0. The number of fused-ring (bicyclic) bond motifs is 2. The lowest BCUT2D eigenvalue weighted by Crippen LogP contribution is -2.34. The maximum Gasteiger partial charge on any atom is 0.133 e. The smallest absolute Gasteiger partial charge is 0.133 e. The standard InChI is InChI=1S/C7H13NO2/c9-6-5-2-1-3-8(4-5)7(6)10/h5-7,9-10H,1-4H2. The molecule has 0 saturated carbocycles. The highest BCUT2D eigenvalue weighted by Crippen LogP contribution is 2.30. The Labute approximate surface area is 60.3 Å². The molecule has 2 saturated heterocycles. The van der Waals surface area contributed by atoms with Crippen molar-refractivity contribution in [2.45, 2.75) is 25.2 Å².